The van der Waals surface area contributed by atoms with E-state index in [1.54, 1.807) is 6.92 Å². The Hall–Kier alpha value is -2.20. The molecular weight excluding hydrogens is 272 g/mol. The Morgan fingerprint density at radius 3 is 2.81 bits per heavy atom. The number of carbonyl (C=O) groups is 1. The van der Waals surface area contributed by atoms with Crippen molar-refractivity contribution in [2.75, 3.05) is 20.3 Å². The van der Waals surface area contributed by atoms with Gasteiger partial charge in [0, 0.05) is 7.11 Å². The monoisotopic (exact) mass is 290 g/mol. The number of carbonyl (C=O) groups excluding carboxylic acids is 1. The molecule has 1 atom stereocenters. The predicted molar refractivity (Wildman–Crippen MR) is 73.6 cm³/mol. The van der Waals surface area contributed by atoms with Gasteiger partial charge in [-0.2, -0.15) is 5.26 Å². The fourth-order valence-electron chi connectivity index (χ4n) is 1.70. The van der Waals surface area contributed by atoms with Crippen molar-refractivity contribution in [1.29, 1.82) is 5.26 Å². The minimum Gasteiger partial charge on any atom is -0.476 e. The van der Waals surface area contributed by atoms with Crippen LogP contribution in [0.15, 0.2) is 12.4 Å². The molecule has 2 rings (SSSR count). The summed E-state index contributed by atoms with van der Waals surface area (Å²) in [4.78, 5) is 20.1. The smallest absolute Gasteiger partial charge is 0.272 e. The highest BCUT2D eigenvalue weighted by Gasteiger charge is 2.27. The first-order valence-corrected chi connectivity index (χ1v) is 6.74. The third-order valence-corrected chi connectivity index (χ3v) is 3.09. The number of hydrogen-bond donors (Lipinski definition) is 1. The topological polar surface area (TPSA) is 97.1 Å². The lowest BCUT2D eigenvalue weighted by molar-refractivity contribution is 0.0854. The molecular formula is C14H18N4O3. The number of aromatic nitrogens is 2. The maximum atomic E-state index is 12.0. The number of nitrogens with one attached hydrogen (secondary N) is 1. The van der Waals surface area contributed by atoms with Gasteiger partial charge in [-0.25, -0.2) is 9.97 Å². The van der Waals surface area contributed by atoms with Crippen LogP contribution in [0.2, 0.25) is 0 Å². The normalized spacial score (nSPS) is 16.6. The minimum absolute atomic E-state index is 0.0885. The number of hydrogen-bond acceptors (Lipinski definition) is 6. The first kappa shape index (κ1) is 15.2. The molecule has 1 aliphatic rings. The molecule has 1 heterocycles. The predicted octanol–water partition coefficient (Wildman–Crippen LogP) is 0.924. The van der Waals surface area contributed by atoms with Gasteiger partial charge in [-0.3, -0.25) is 4.79 Å². The van der Waals surface area contributed by atoms with E-state index < -0.39 is 11.4 Å². The third-order valence-electron chi connectivity index (χ3n) is 3.09. The van der Waals surface area contributed by atoms with Crippen LogP contribution in [0.5, 0.6) is 5.88 Å². The molecule has 1 aromatic heterocycles. The number of nitrogens with zero attached hydrogens (tertiary/aromatic N) is 3. The van der Waals surface area contributed by atoms with Crippen molar-refractivity contribution in [3.8, 4) is 11.9 Å². The van der Waals surface area contributed by atoms with Crippen LogP contribution in [-0.4, -0.2) is 41.7 Å². The molecule has 0 unspecified atom stereocenters. The van der Waals surface area contributed by atoms with Crippen molar-refractivity contribution in [1.82, 2.24) is 15.3 Å². The average molecular weight is 290 g/mol. The summed E-state index contributed by atoms with van der Waals surface area (Å²) in [5.41, 5.74) is -0.972. The summed E-state index contributed by atoms with van der Waals surface area (Å²) >= 11 is 0. The SMILES string of the molecule is COC[C@](C)(C#N)NC(=O)c1cnc(OCC2CC2)cn1. The van der Waals surface area contributed by atoms with Crippen molar-refractivity contribution >= 4 is 5.91 Å². The second-order valence-corrected chi connectivity index (χ2v) is 5.33. The van der Waals surface area contributed by atoms with Gasteiger partial charge in [0.1, 0.15) is 11.2 Å². The summed E-state index contributed by atoms with van der Waals surface area (Å²) < 4.78 is 10.4. The summed E-state index contributed by atoms with van der Waals surface area (Å²) in [7, 11) is 1.47. The number of ether oxygens (including phenoxy) is 2. The lowest BCUT2D eigenvalue weighted by Gasteiger charge is -2.21. The Bertz CT molecular complexity index is 536. The highest BCUT2D eigenvalue weighted by molar-refractivity contribution is 5.92. The second-order valence-electron chi connectivity index (χ2n) is 5.33. The molecule has 1 amide bonds. The van der Waals surface area contributed by atoms with E-state index in [4.69, 9.17) is 14.7 Å². The number of amides is 1. The molecule has 0 bridgehead atoms. The van der Waals surface area contributed by atoms with Gasteiger partial charge in [0.05, 0.1) is 31.7 Å². The molecule has 21 heavy (non-hydrogen) atoms. The van der Waals surface area contributed by atoms with E-state index in [9.17, 15) is 4.79 Å². The molecule has 1 saturated carbocycles. The van der Waals surface area contributed by atoms with Crippen LogP contribution in [0.1, 0.15) is 30.3 Å². The Morgan fingerprint density at radius 1 is 1.52 bits per heavy atom. The van der Waals surface area contributed by atoms with E-state index in [-0.39, 0.29) is 12.3 Å². The van der Waals surface area contributed by atoms with Crippen molar-refractivity contribution in [3.05, 3.63) is 18.1 Å². The zero-order chi connectivity index (χ0) is 15.3. The fraction of sp³-hybridized carbons (Fsp3) is 0.571. The van der Waals surface area contributed by atoms with Gasteiger partial charge >= 0.3 is 0 Å². The summed E-state index contributed by atoms with van der Waals surface area (Å²) in [5, 5.41) is 11.7. The first-order valence-electron chi connectivity index (χ1n) is 6.74. The Balaban J connectivity index is 1.93. The Labute approximate surface area is 123 Å². The molecule has 7 nitrogen and oxygen atoms in total. The number of nitriles is 1. The molecule has 0 aliphatic heterocycles. The maximum absolute atomic E-state index is 12.0. The third kappa shape index (κ3) is 4.39. The van der Waals surface area contributed by atoms with Gasteiger partial charge in [0.15, 0.2) is 0 Å². The molecule has 1 aromatic rings. The average Bonchev–Trinajstić information content (AvgIpc) is 3.30. The zero-order valence-corrected chi connectivity index (χ0v) is 12.1. The number of methoxy groups -OCH3 is 1. The van der Waals surface area contributed by atoms with E-state index in [1.807, 2.05) is 6.07 Å². The lowest BCUT2D eigenvalue weighted by Crippen LogP contribution is -2.48. The van der Waals surface area contributed by atoms with Crippen LogP contribution >= 0.6 is 0 Å². The second kappa shape index (κ2) is 6.50. The molecule has 0 saturated heterocycles. The van der Waals surface area contributed by atoms with Crippen LogP contribution in [0, 0.1) is 17.2 Å². The van der Waals surface area contributed by atoms with Crippen LogP contribution in [-0.2, 0) is 4.74 Å². The summed E-state index contributed by atoms with van der Waals surface area (Å²) in [6.45, 7) is 2.31. The van der Waals surface area contributed by atoms with Gasteiger partial charge in [0.2, 0.25) is 5.88 Å². The quantitative estimate of drug-likeness (QED) is 0.802. The minimum atomic E-state index is -1.10. The van der Waals surface area contributed by atoms with Crippen molar-refractivity contribution < 1.29 is 14.3 Å². The molecule has 7 heteroatoms. The number of rotatable bonds is 7. The summed E-state index contributed by atoms with van der Waals surface area (Å²) in [6.07, 6.45) is 5.14. The van der Waals surface area contributed by atoms with E-state index in [2.05, 4.69) is 15.3 Å². The summed E-state index contributed by atoms with van der Waals surface area (Å²) in [5.74, 6) is 0.552. The molecule has 1 aliphatic carbocycles. The molecule has 1 fully saturated rings. The van der Waals surface area contributed by atoms with Crippen molar-refractivity contribution in [2.45, 2.75) is 25.3 Å². The molecule has 0 radical (unpaired) electrons. The van der Waals surface area contributed by atoms with Gasteiger partial charge in [-0.05, 0) is 25.7 Å². The van der Waals surface area contributed by atoms with Gasteiger partial charge in [0.25, 0.3) is 5.91 Å². The van der Waals surface area contributed by atoms with E-state index in [1.165, 1.54) is 32.3 Å². The van der Waals surface area contributed by atoms with Gasteiger partial charge in [-0.1, -0.05) is 0 Å². The van der Waals surface area contributed by atoms with Crippen LogP contribution in [0.25, 0.3) is 0 Å². The maximum Gasteiger partial charge on any atom is 0.272 e. The Kier molecular flexibility index (Phi) is 4.70. The molecule has 0 spiro atoms. The fourth-order valence-corrected chi connectivity index (χ4v) is 1.70. The summed E-state index contributed by atoms with van der Waals surface area (Å²) in [6, 6.07) is 2.00. The van der Waals surface area contributed by atoms with Gasteiger partial charge < -0.3 is 14.8 Å². The molecule has 1 N–H and O–H groups in total. The van der Waals surface area contributed by atoms with Crippen molar-refractivity contribution in [2.24, 2.45) is 5.92 Å². The Morgan fingerprint density at radius 2 is 2.29 bits per heavy atom. The lowest BCUT2D eigenvalue weighted by atomic mass is 10.1. The van der Waals surface area contributed by atoms with E-state index >= 15 is 0 Å². The van der Waals surface area contributed by atoms with Crippen molar-refractivity contribution in [3.63, 3.8) is 0 Å². The van der Waals surface area contributed by atoms with E-state index in [0.29, 0.717) is 18.4 Å². The first-order chi connectivity index (χ1) is 10.1. The molecule has 112 valence electrons. The zero-order valence-electron chi connectivity index (χ0n) is 12.1. The van der Waals surface area contributed by atoms with Crippen LogP contribution in [0.4, 0.5) is 0 Å². The molecule has 0 aromatic carbocycles. The highest BCUT2D eigenvalue weighted by atomic mass is 16.5. The van der Waals surface area contributed by atoms with Gasteiger partial charge in [-0.15, -0.1) is 0 Å². The highest BCUT2D eigenvalue weighted by Crippen LogP contribution is 2.29. The largest absolute Gasteiger partial charge is 0.476 e. The standard InChI is InChI=1S/C14H18N4O3/c1-14(8-15,9-20-2)18-13(19)11-5-17-12(6-16-11)21-7-10-3-4-10/h5-6,10H,3-4,7,9H2,1-2H3,(H,18,19)/t14-/m0/s1. The van der Waals surface area contributed by atoms with Crippen LogP contribution < -0.4 is 10.1 Å². The van der Waals surface area contributed by atoms with E-state index in [0.717, 1.165) is 0 Å². The van der Waals surface area contributed by atoms with Crippen LogP contribution in [0.3, 0.4) is 0 Å².